The van der Waals surface area contributed by atoms with Crippen LogP contribution in [0.3, 0.4) is 0 Å². The summed E-state index contributed by atoms with van der Waals surface area (Å²) in [4.78, 5) is 13.5. The average molecular weight is 200 g/mol. The summed E-state index contributed by atoms with van der Waals surface area (Å²) in [6.45, 7) is 2.54. The van der Waals surface area contributed by atoms with Gasteiger partial charge in [-0.25, -0.2) is 0 Å². The zero-order valence-corrected chi connectivity index (χ0v) is 9.08. The van der Waals surface area contributed by atoms with Crippen LogP contribution in [0.25, 0.3) is 0 Å². The van der Waals surface area contributed by atoms with Gasteiger partial charge in [0.25, 0.3) is 0 Å². The monoisotopic (exact) mass is 200 g/mol. The van der Waals surface area contributed by atoms with Gasteiger partial charge in [0.2, 0.25) is 5.91 Å². The van der Waals surface area contributed by atoms with E-state index < -0.39 is 0 Å². The predicted molar refractivity (Wildman–Crippen MR) is 55.2 cm³/mol. The summed E-state index contributed by atoms with van der Waals surface area (Å²) in [5, 5.41) is 3.04. The van der Waals surface area contributed by atoms with Crippen LogP contribution in [0.15, 0.2) is 0 Å². The first kappa shape index (κ1) is 11.5. The van der Waals surface area contributed by atoms with Gasteiger partial charge in [-0.15, -0.1) is 0 Å². The summed E-state index contributed by atoms with van der Waals surface area (Å²) in [6, 6.07) is 0. The van der Waals surface area contributed by atoms with Crippen LogP contribution in [0.1, 0.15) is 19.3 Å². The molecule has 4 heteroatoms. The van der Waals surface area contributed by atoms with E-state index in [1.807, 2.05) is 11.9 Å². The summed E-state index contributed by atoms with van der Waals surface area (Å²) in [6.07, 6.45) is 2.80. The van der Waals surface area contributed by atoms with Crippen molar-refractivity contribution in [1.82, 2.24) is 10.2 Å². The van der Waals surface area contributed by atoms with Crippen LogP contribution in [-0.2, 0) is 9.53 Å². The number of carbonyl (C=O) groups excluding carboxylic acids is 1. The van der Waals surface area contributed by atoms with Crippen LogP contribution in [0.2, 0.25) is 0 Å². The molecule has 1 unspecified atom stereocenters. The van der Waals surface area contributed by atoms with Crippen LogP contribution in [0.5, 0.6) is 0 Å². The Morgan fingerprint density at radius 2 is 2.43 bits per heavy atom. The van der Waals surface area contributed by atoms with Gasteiger partial charge in [-0.1, -0.05) is 0 Å². The molecule has 1 aliphatic heterocycles. The van der Waals surface area contributed by atoms with Crippen LogP contribution in [0.4, 0.5) is 0 Å². The molecule has 0 aromatic heterocycles. The van der Waals surface area contributed by atoms with Gasteiger partial charge in [0.1, 0.15) is 0 Å². The number of ether oxygens (including phenoxy) is 1. The van der Waals surface area contributed by atoms with Crippen LogP contribution >= 0.6 is 0 Å². The zero-order chi connectivity index (χ0) is 10.4. The molecule has 1 N–H and O–H groups in total. The van der Waals surface area contributed by atoms with Crippen molar-refractivity contribution in [2.75, 3.05) is 33.8 Å². The Hall–Kier alpha value is -0.610. The molecule has 1 aliphatic rings. The molecule has 1 amide bonds. The molecular weight excluding hydrogens is 180 g/mol. The number of hydrogen-bond acceptors (Lipinski definition) is 3. The quantitative estimate of drug-likeness (QED) is 0.646. The first-order chi connectivity index (χ1) is 6.77. The third-order valence-electron chi connectivity index (χ3n) is 2.65. The number of carbonyl (C=O) groups is 1. The summed E-state index contributed by atoms with van der Waals surface area (Å²) < 4.78 is 5.21. The van der Waals surface area contributed by atoms with Crippen molar-refractivity contribution in [3.8, 4) is 0 Å². The lowest BCUT2D eigenvalue weighted by Crippen LogP contribution is -2.30. The molecule has 0 aromatic carbocycles. The molecule has 0 saturated carbocycles. The van der Waals surface area contributed by atoms with E-state index in [4.69, 9.17) is 4.74 Å². The highest BCUT2D eigenvalue weighted by Crippen LogP contribution is 2.13. The molecule has 4 nitrogen and oxygen atoms in total. The fourth-order valence-electron chi connectivity index (χ4n) is 1.72. The number of amides is 1. The van der Waals surface area contributed by atoms with Gasteiger partial charge in [0.05, 0.1) is 6.10 Å². The maximum absolute atomic E-state index is 11.6. The molecule has 1 saturated heterocycles. The van der Waals surface area contributed by atoms with Crippen molar-refractivity contribution in [3.63, 3.8) is 0 Å². The molecule has 0 bridgehead atoms. The molecule has 0 aliphatic carbocycles. The van der Waals surface area contributed by atoms with Crippen LogP contribution in [-0.4, -0.2) is 50.7 Å². The Bertz CT molecular complexity index is 185. The minimum absolute atomic E-state index is 0.253. The van der Waals surface area contributed by atoms with E-state index in [2.05, 4.69) is 5.32 Å². The summed E-state index contributed by atoms with van der Waals surface area (Å²) in [7, 11) is 3.61. The Morgan fingerprint density at radius 3 is 3.00 bits per heavy atom. The van der Waals surface area contributed by atoms with E-state index >= 15 is 0 Å². The highest BCUT2D eigenvalue weighted by atomic mass is 16.5. The van der Waals surface area contributed by atoms with E-state index in [1.165, 1.54) is 0 Å². The SMILES string of the molecule is CNCCCC(=O)N1CCC(OC)C1. The molecular formula is C10H20N2O2. The van der Waals surface area contributed by atoms with Crippen molar-refractivity contribution in [2.45, 2.75) is 25.4 Å². The van der Waals surface area contributed by atoms with Crippen molar-refractivity contribution in [1.29, 1.82) is 0 Å². The minimum Gasteiger partial charge on any atom is -0.380 e. The standard InChI is InChI=1S/C10H20N2O2/c1-11-6-3-4-10(13)12-7-5-9(8-12)14-2/h9,11H,3-8H2,1-2H3. The van der Waals surface area contributed by atoms with Gasteiger partial charge in [0, 0.05) is 26.6 Å². The van der Waals surface area contributed by atoms with E-state index in [0.29, 0.717) is 6.42 Å². The fraction of sp³-hybridized carbons (Fsp3) is 0.900. The maximum atomic E-state index is 11.6. The molecule has 0 radical (unpaired) electrons. The van der Waals surface area contributed by atoms with Gasteiger partial charge in [-0.05, 0) is 26.4 Å². The number of nitrogens with zero attached hydrogens (tertiary/aromatic N) is 1. The summed E-state index contributed by atoms with van der Waals surface area (Å²) in [5.74, 6) is 0.264. The second kappa shape index (κ2) is 5.98. The third-order valence-corrected chi connectivity index (χ3v) is 2.65. The highest BCUT2D eigenvalue weighted by molar-refractivity contribution is 5.76. The molecule has 82 valence electrons. The van der Waals surface area contributed by atoms with Crippen LogP contribution < -0.4 is 5.32 Å². The molecule has 1 rings (SSSR count). The van der Waals surface area contributed by atoms with Gasteiger partial charge in [0.15, 0.2) is 0 Å². The first-order valence-electron chi connectivity index (χ1n) is 5.23. The molecule has 1 heterocycles. The largest absolute Gasteiger partial charge is 0.380 e. The maximum Gasteiger partial charge on any atom is 0.222 e. The number of rotatable bonds is 5. The Balaban J connectivity index is 2.18. The van der Waals surface area contributed by atoms with E-state index in [1.54, 1.807) is 7.11 Å². The lowest BCUT2D eigenvalue weighted by atomic mass is 10.3. The summed E-state index contributed by atoms with van der Waals surface area (Å²) in [5.41, 5.74) is 0. The first-order valence-corrected chi connectivity index (χ1v) is 5.23. The molecule has 14 heavy (non-hydrogen) atoms. The second-order valence-corrected chi connectivity index (χ2v) is 3.69. The topological polar surface area (TPSA) is 41.6 Å². The highest BCUT2D eigenvalue weighted by Gasteiger charge is 2.25. The number of methoxy groups -OCH3 is 1. The molecule has 1 atom stereocenters. The molecule has 0 aromatic rings. The zero-order valence-electron chi connectivity index (χ0n) is 9.08. The Morgan fingerprint density at radius 1 is 1.64 bits per heavy atom. The third kappa shape index (κ3) is 3.27. The lowest BCUT2D eigenvalue weighted by molar-refractivity contribution is -0.130. The van der Waals surface area contributed by atoms with Crippen molar-refractivity contribution in [3.05, 3.63) is 0 Å². The van der Waals surface area contributed by atoms with Crippen molar-refractivity contribution < 1.29 is 9.53 Å². The Labute approximate surface area is 85.6 Å². The van der Waals surface area contributed by atoms with Crippen LogP contribution in [0, 0.1) is 0 Å². The predicted octanol–water partition coefficient (Wildman–Crippen LogP) is 0.233. The minimum atomic E-state index is 0.253. The Kier molecular flexibility index (Phi) is 4.90. The molecule has 0 spiro atoms. The van der Waals surface area contributed by atoms with Crippen molar-refractivity contribution >= 4 is 5.91 Å². The fourth-order valence-corrected chi connectivity index (χ4v) is 1.72. The normalized spacial score (nSPS) is 21.6. The van der Waals surface area contributed by atoms with Gasteiger partial charge in [-0.3, -0.25) is 4.79 Å². The summed E-state index contributed by atoms with van der Waals surface area (Å²) >= 11 is 0. The van der Waals surface area contributed by atoms with Gasteiger partial charge < -0.3 is 15.0 Å². The van der Waals surface area contributed by atoms with Gasteiger partial charge >= 0.3 is 0 Å². The van der Waals surface area contributed by atoms with E-state index in [9.17, 15) is 4.79 Å². The second-order valence-electron chi connectivity index (χ2n) is 3.69. The average Bonchev–Trinajstić information content (AvgIpc) is 2.66. The van der Waals surface area contributed by atoms with Crippen molar-refractivity contribution in [2.24, 2.45) is 0 Å². The lowest BCUT2D eigenvalue weighted by Gasteiger charge is -2.15. The number of hydrogen-bond donors (Lipinski definition) is 1. The number of likely N-dealkylation sites (tertiary alicyclic amines) is 1. The van der Waals surface area contributed by atoms with E-state index in [-0.39, 0.29) is 12.0 Å². The number of nitrogens with one attached hydrogen (secondary N) is 1. The van der Waals surface area contributed by atoms with Gasteiger partial charge in [-0.2, -0.15) is 0 Å². The van der Waals surface area contributed by atoms with E-state index in [0.717, 1.165) is 32.5 Å². The molecule has 1 fully saturated rings. The smallest absolute Gasteiger partial charge is 0.222 e.